The van der Waals surface area contributed by atoms with E-state index in [1.807, 2.05) is 19.1 Å². The van der Waals surface area contributed by atoms with Gasteiger partial charge < -0.3 is 4.74 Å². The molecule has 1 aromatic carbocycles. The first kappa shape index (κ1) is 15.9. The van der Waals surface area contributed by atoms with E-state index in [2.05, 4.69) is 15.9 Å². The summed E-state index contributed by atoms with van der Waals surface area (Å²) in [5.74, 6) is 0. The van der Waals surface area contributed by atoms with E-state index in [0.29, 0.717) is 24.6 Å². The van der Waals surface area contributed by atoms with Crippen LogP contribution in [-0.2, 0) is 20.1 Å². The van der Waals surface area contributed by atoms with E-state index in [0.717, 1.165) is 23.7 Å². The van der Waals surface area contributed by atoms with Crippen molar-refractivity contribution in [2.24, 2.45) is 0 Å². The third-order valence-electron chi connectivity index (χ3n) is 3.52. The Bertz CT molecular complexity index is 522. The third kappa shape index (κ3) is 3.61. The van der Waals surface area contributed by atoms with E-state index in [4.69, 9.17) is 4.74 Å². The van der Waals surface area contributed by atoms with Crippen LogP contribution in [0.1, 0.15) is 25.3 Å². The Morgan fingerprint density at radius 3 is 2.35 bits per heavy atom. The lowest BCUT2D eigenvalue weighted by atomic mass is 10.1. The lowest BCUT2D eigenvalue weighted by Gasteiger charge is -2.31. The summed E-state index contributed by atoms with van der Waals surface area (Å²) in [6, 6.07) is 7.05. The van der Waals surface area contributed by atoms with Gasteiger partial charge in [-0.05, 0) is 37.5 Å². The molecule has 0 atom stereocenters. The van der Waals surface area contributed by atoms with E-state index >= 15 is 0 Å². The van der Waals surface area contributed by atoms with Gasteiger partial charge >= 0.3 is 0 Å². The molecule has 0 amide bonds. The molecule has 1 saturated heterocycles. The van der Waals surface area contributed by atoms with Crippen molar-refractivity contribution in [2.45, 2.75) is 36.1 Å². The molecule has 1 heterocycles. The van der Waals surface area contributed by atoms with Crippen molar-refractivity contribution in [3.8, 4) is 0 Å². The van der Waals surface area contributed by atoms with Crippen LogP contribution >= 0.6 is 15.9 Å². The molecule has 112 valence electrons. The first-order valence-electron chi connectivity index (χ1n) is 6.84. The predicted octanol–water partition coefficient (Wildman–Crippen LogP) is 2.77. The van der Waals surface area contributed by atoms with Crippen molar-refractivity contribution in [1.82, 2.24) is 4.31 Å². The van der Waals surface area contributed by atoms with Gasteiger partial charge in [0.15, 0.2) is 0 Å². The van der Waals surface area contributed by atoms with Crippen LogP contribution in [0.5, 0.6) is 0 Å². The highest BCUT2D eigenvalue weighted by Crippen LogP contribution is 2.22. The van der Waals surface area contributed by atoms with Crippen LogP contribution in [0.15, 0.2) is 29.2 Å². The first-order chi connectivity index (χ1) is 9.57. The second-order valence-electron chi connectivity index (χ2n) is 4.84. The van der Waals surface area contributed by atoms with Gasteiger partial charge in [0.2, 0.25) is 10.0 Å². The summed E-state index contributed by atoms with van der Waals surface area (Å²) in [5, 5.41) is 0.729. The van der Waals surface area contributed by atoms with Gasteiger partial charge in [-0.3, -0.25) is 0 Å². The molecule has 0 N–H and O–H groups in total. The molecule has 1 aromatic rings. The molecule has 2 rings (SSSR count). The topological polar surface area (TPSA) is 46.6 Å². The highest BCUT2D eigenvalue weighted by molar-refractivity contribution is 9.08. The number of benzene rings is 1. The second kappa shape index (κ2) is 7.02. The maximum atomic E-state index is 12.5. The molecule has 1 aliphatic heterocycles. The van der Waals surface area contributed by atoms with Gasteiger partial charge in [0.1, 0.15) is 0 Å². The Kier molecular flexibility index (Phi) is 5.60. The quantitative estimate of drug-likeness (QED) is 0.757. The number of nitrogens with zero attached hydrogens (tertiary/aromatic N) is 1. The average molecular weight is 362 g/mol. The van der Waals surface area contributed by atoms with Crippen LogP contribution in [-0.4, -0.2) is 38.5 Å². The number of alkyl halides is 1. The van der Waals surface area contributed by atoms with E-state index in [-0.39, 0.29) is 6.10 Å². The van der Waals surface area contributed by atoms with Crippen molar-refractivity contribution in [2.75, 3.05) is 19.7 Å². The number of sulfonamides is 1. The van der Waals surface area contributed by atoms with Crippen molar-refractivity contribution in [3.05, 3.63) is 29.8 Å². The second-order valence-corrected chi connectivity index (χ2v) is 7.34. The number of hydrogen-bond acceptors (Lipinski definition) is 3. The summed E-state index contributed by atoms with van der Waals surface area (Å²) < 4.78 is 32.2. The van der Waals surface area contributed by atoms with E-state index in [1.165, 1.54) is 0 Å². The van der Waals surface area contributed by atoms with E-state index in [1.54, 1.807) is 16.4 Å². The molecule has 1 aliphatic rings. The SMILES string of the molecule is CCOC1CCN(S(=O)(=O)c2ccc(CBr)cc2)CC1. The van der Waals surface area contributed by atoms with Crippen LogP contribution in [0.25, 0.3) is 0 Å². The molecule has 0 bridgehead atoms. The highest BCUT2D eigenvalue weighted by Gasteiger charge is 2.29. The number of rotatable bonds is 5. The Morgan fingerprint density at radius 2 is 1.85 bits per heavy atom. The van der Waals surface area contributed by atoms with Crippen molar-refractivity contribution in [1.29, 1.82) is 0 Å². The van der Waals surface area contributed by atoms with Crippen molar-refractivity contribution < 1.29 is 13.2 Å². The van der Waals surface area contributed by atoms with Crippen LogP contribution in [0.2, 0.25) is 0 Å². The van der Waals surface area contributed by atoms with Crippen molar-refractivity contribution in [3.63, 3.8) is 0 Å². The lowest BCUT2D eigenvalue weighted by molar-refractivity contribution is 0.0290. The van der Waals surface area contributed by atoms with Crippen LogP contribution < -0.4 is 0 Å². The van der Waals surface area contributed by atoms with Crippen molar-refractivity contribution >= 4 is 26.0 Å². The molecule has 1 fully saturated rings. The summed E-state index contributed by atoms with van der Waals surface area (Å²) in [5.41, 5.74) is 1.07. The van der Waals surface area contributed by atoms with Crippen LogP contribution in [0.3, 0.4) is 0 Å². The van der Waals surface area contributed by atoms with E-state index in [9.17, 15) is 8.42 Å². The number of hydrogen-bond donors (Lipinski definition) is 0. The summed E-state index contributed by atoms with van der Waals surface area (Å²) in [4.78, 5) is 0.372. The van der Waals surface area contributed by atoms with Gasteiger partial charge in [-0.25, -0.2) is 8.42 Å². The van der Waals surface area contributed by atoms with Gasteiger partial charge in [-0.15, -0.1) is 0 Å². The molecule has 0 spiro atoms. The Morgan fingerprint density at radius 1 is 1.25 bits per heavy atom. The molecule has 20 heavy (non-hydrogen) atoms. The third-order valence-corrected chi connectivity index (χ3v) is 6.08. The molecule has 0 radical (unpaired) electrons. The minimum absolute atomic E-state index is 0.197. The monoisotopic (exact) mass is 361 g/mol. The molecular weight excluding hydrogens is 342 g/mol. The summed E-state index contributed by atoms with van der Waals surface area (Å²) in [6.45, 7) is 3.72. The van der Waals surface area contributed by atoms with Gasteiger partial charge in [0.25, 0.3) is 0 Å². The lowest BCUT2D eigenvalue weighted by Crippen LogP contribution is -2.40. The van der Waals surface area contributed by atoms with Gasteiger partial charge in [-0.2, -0.15) is 4.31 Å². The van der Waals surface area contributed by atoms with Gasteiger partial charge in [0, 0.05) is 25.0 Å². The summed E-state index contributed by atoms with van der Waals surface area (Å²) in [6.07, 6.45) is 1.74. The van der Waals surface area contributed by atoms with E-state index < -0.39 is 10.0 Å². The zero-order chi connectivity index (χ0) is 14.6. The maximum absolute atomic E-state index is 12.5. The maximum Gasteiger partial charge on any atom is 0.243 e. The minimum Gasteiger partial charge on any atom is -0.378 e. The van der Waals surface area contributed by atoms with Gasteiger partial charge in [0.05, 0.1) is 11.0 Å². The fourth-order valence-electron chi connectivity index (χ4n) is 2.37. The zero-order valence-corrected chi connectivity index (χ0v) is 14.0. The summed E-state index contributed by atoms with van der Waals surface area (Å²) >= 11 is 3.36. The Hall–Kier alpha value is -0.430. The molecule has 6 heteroatoms. The first-order valence-corrected chi connectivity index (χ1v) is 9.40. The summed E-state index contributed by atoms with van der Waals surface area (Å²) in [7, 11) is -3.36. The highest BCUT2D eigenvalue weighted by atomic mass is 79.9. The smallest absolute Gasteiger partial charge is 0.243 e. The molecule has 0 unspecified atom stereocenters. The number of halogens is 1. The number of piperidine rings is 1. The fraction of sp³-hybridized carbons (Fsp3) is 0.571. The zero-order valence-electron chi connectivity index (χ0n) is 11.6. The number of ether oxygens (including phenoxy) is 1. The predicted molar refractivity (Wildman–Crippen MR) is 82.5 cm³/mol. The molecule has 0 aliphatic carbocycles. The average Bonchev–Trinajstić information content (AvgIpc) is 2.48. The Balaban J connectivity index is 2.07. The van der Waals surface area contributed by atoms with Crippen LogP contribution in [0, 0.1) is 0 Å². The van der Waals surface area contributed by atoms with Crippen LogP contribution in [0.4, 0.5) is 0 Å². The fourth-order valence-corrected chi connectivity index (χ4v) is 4.22. The molecule has 0 saturated carbocycles. The molecule has 0 aromatic heterocycles. The van der Waals surface area contributed by atoms with Gasteiger partial charge in [-0.1, -0.05) is 28.1 Å². The normalized spacial score (nSPS) is 18.3. The molecular formula is C14H20BrNO3S. The largest absolute Gasteiger partial charge is 0.378 e. The Labute approximate surface area is 129 Å². The standard InChI is InChI=1S/C14H20BrNO3S/c1-2-19-13-7-9-16(10-8-13)20(17,18)14-5-3-12(11-15)4-6-14/h3-6,13H,2,7-11H2,1H3. The molecule has 4 nitrogen and oxygen atoms in total. The minimum atomic E-state index is -3.36.